The molecule has 1 aliphatic rings. The Bertz CT molecular complexity index is 370. The molecule has 0 spiro atoms. The van der Waals surface area contributed by atoms with E-state index >= 15 is 0 Å². The van der Waals surface area contributed by atoms with Gasteiger partial charge in [-0.25, -0.2) is 0 Å². The van der Waals surface area contributed by atoms with Crippen molar-refractivity contribution in [2.45, 2.75) is 44.6 Å². The fraction of sp³-hybridized carbons (Fsp3) is 0.727. The Morgan fingerprint density at radius 3 is 2.11 bits per heavy atom. The molecule has 7 nitrogen and oxygen atoms in total. The topological polar surface area (TPSA) is 88.1 Å². The Labute approximate surface area is 115 Å². The minimum Gasteiger partial charge on any atom is -0.463 e. The van der Waals surface area contributed by atoms with Crippen LogP contribution in [0.2, 0.25) is 0 Å². The summed E-state index contributed by atoms with van der Waals surface area (Å²) in [6, 6.07) is 0. The van der Waals surface area contributed by atoms with E-state index in [1.807, 2.05) is 0 Å². The summed E-state index contributed by atoms with van der Waals surface area (Å²) in [6.07, 6.45) is -2.77. The maximum absolute atomic E-state index is 11.0. The molecule has 0 bridgehead atoms. The second-order valence-electron chi connectivity index (χ2n) is 3.97. The van der Waals surface area contributed by atoms with Crippen LogP contribution < -0.4 is 0 Å². The highest BCUT2D eigenvalue weighted by atomic mass is 35.5. The van der Waals surface area contributed by atoms with Crippen LogP contribution in [0.1, 0.15) is 20.8 Å². The van der Waals surface area contributed by atoms with Gasteiger partial charge in [-0.05, 0) is 0 Å². The molecule has 1 aliphatic heterocycles. The predicted molar refractivity (Wildman–Crippen MR) is 62.3 cm³/mol. The Kier molecular flexibility index (Phi) is 5.56. The number of rotatable bonds is 4. The summed E-state index contributed by atoms with van der Waals surface area (Å²) in [5.41, 5.74) is 0. The highest BCUT2D eigenvalue weighted by Crippen LogP contribution is 2.29. The van der Waals surface area contributed by atoms with Crippen molar-refractivity contribution in [2.24, 2.45) is 0 Å². The largest absolute Gasteiger partial charge is 0.463 e. The van der Waals surface area contributed by atoms with Crippen molar-refractivity contribution in [1.82, 2.24) is 0 Å². The van der Waals surface area contributed by atoms with E-state index < -0.39 is 41.8 Å². The number of hydrogen-bond donors (Lipinski definition) is 0. The molecule has 19 heavy (non-hydrogen) atoms. The number of ether oxygens (including phenoxy) is 4. The van der Waals surface area contributed by atoms with Crippen LogP contribution in [0, 0.1) is 0 Å². The Hall–Kier alpha value is -1.34. The summed E-state index contributed by atoms with van der Waals surface area (Å²) in [5, 5.41) is -0.785. The van der Waals surface area contributed by atoms with Crippen molar-refractivity contribution in [3.63, 3.8) is 0 Å². The molecule has 0 unspecified atom stereocenters. The van der Waals surface area contributed by atoms with E-state index in [-0.39, 0.29) is 6.61 Å². The van der Waals surface area contributed by atoms with Crippen molar-refractivity contribution in [1.29, 1.82) is 0 Å². The maximum Gasteiger partial charge on any atom is 0.305 e. The average molecular weight is 295 g/mol. The number of esters is 3. The third-order valence-electron chi connectivity index (χ3n) is 2.28. The van der Waals surface area contributed by atoms with E-state index in [2.05, 4.69) is 0 Å². The third-order valence-corrected chi connectivity index (χ3v) is 2.81. The zero-order valence-electron chi connectivity index (χ0n) is 10.8. The molecule has 0 aliphatic carbocycles. The second kappa shape index (κ2) is 6.72. The van der Waals surface area contributed by atoms with Gasteiger partial charge in [-0.1, -0.05) is 0 Å². The smallest absolute Gasteiger partial charge is 0.305 e. The van der Waals surface area contributed by atoms with Gasteiger partial charge in [0, 0.05) is 20.8 Å². The molecule has 1 fully saturated rings. The van der Waals surface area contributed by atoms with E-state index in [9.17, 15) is 14.4 Å². The lowest BCUT2D eigenvalue weighted by Crippen LogP contribution is -2.36. The molecule has 0 N–H and O–H groups in total. The number of hydrogen-bond acceptors (Lipinski definition) is 7. The van der Waals surface area contributed by atoms with Gasteiger partial charge in [0.15, 0.2) is 6.10 Å². The minimum atomic E-state index is -1.11. The van der Waals surface area contributed by atoms with E-state index in [1.54, 1.807) is 0 Å². The zero-order valence-corrected chi connectivity index (χ0v) is 11.5. The first-order valence-electron chi connectivity index (χ1n) is 5.58. The Balaban J connectivity index is 2.70. The van der Waals surface area contributed by atoms with Gasteiger partial charge >= 0.3 is 17.9 Å². The lowest BCUT2D eigenvalue weighted by Gasteiger charge is -2.18. The van der Waals surface area contributed by atoms with Gasteiger partial charge in [0.25, 0.3) is 0 Å². The van der Waals surface area contributed by atoms with Crippen LogP contribution in [0.15, 0.2) is 0 Å². The Morgan fingerprint density at radius 2 is 1.63 bits per heavy atom. The molecule has 8 heteroatoms. The van der Waals surface area contributed by atoms with Crippen LogP contribution in [0.3, 0.4) is 0 Å². The summed E-state index contributed by atoms with van der Waals surface area (Å²) in [6.45, 7) is 3.52. The third kappa shape index (κ3) is 4.68. The van der Waals surface area contributed by atoms with Gasteiger partial charge in [-0.2, -0.15) is 0 Å². The maximum atomic E-state index is 11.0. The minimum absolute atomic E-state index is 0.112. The molecular weight excluding hydrogens is 280 g/mol. The van der Waals surface area contributed by atoms with Crippen LogP contribution in [-0.4, -0.2) is 48.4 Å². The van der Waals surface area contributed by atoms with Crippen LogP contribution in [0.25, 0.3) is 0 Å². The lowest BCUT2D eigenvalue weighted by molar-refractivity contribution is -0.196. The monoisotopic (exact) mass is 294 g/mol. The van der Waals surface area contributed by atoms with Gasteiger partial charge < -0.3 is 18.9 Å². The number of carbonyl (C=O) groups excluding carboxylic acids is 3. The van der Waals surface area contributed by atoms with E-state index in [0.717, 1.165) is 0 Å². The predicted octanol–water partition coefficient (Wildman–Crippen LogP) is 0.377. The molecule has 1 saturated heterocycles. The van der Waals surface area contributed by atoms with Crippen molar-refractivity contribution in [2.75, 3.05) is 6.61 Å². The molecule has 0 aromatic heterocycles. The molecule has 1 rings (SSSR count). The summed E-state index contributed by atoms with van der Waals surface area (Å²) < 4.78 is 19.9. The first-order chi connectivity index (χ1) is 8.81. The van der Waals surface area contributed by atoms with Crippen molar-refractivity contribution < 1.29 is 33.3 Å². The normalized spacial score (nSPS) is 29.7. The summed E-state index contributed by atoms with van der Waals surface area (Å²) in [7, 11) is 0. The highest BCUT2D eigenvalue weighted by Gasteiger charge is 2.48. The van der Waals surface area contributed by atoms with Gasteiger partial charge in [0.2, 0.25) is 6.29 Å². The molecular formula is C11H15ClO7. The zero-order chi connectivity index (χ0) is 14.6. The second-order valence-corrected chi connectivity index (χ2v) is 4.48. The molecule has 1 heterocycles. The van der Waals surface area contributed by atoms with Crippen molar-refractivity contribution in [3.8, 4) is 0 Å². The van der Waals surface area contributed by atoms with Crippen LogP contribution >= 0.6 is 11.6 Å². The summed E-state index contributed by atoms with van der Waals surface area (Å²) in [4.78, 5) is 32.7. The fourth-order valence-corrected chi connectivity index (χ4v) is 1.89. The van der Waals surface area contributed by atoms with E-state index in [4.69, 9.17) is 30.5 Å². The number of halogens is 1. The number of carbonyl (C=O) groups is 3. The molecule has 0 amide bonds. The van der Waals surface area contributed by atoms with Gasteiger partial charge in [-0.3, -0.25) is 14.4 Å². The summed E-state index contributed by atoms with van der Waals surface area (Å²) in [5.74, 6) is -1.67. The average Bonchev–Trinajstić information content (AvgIpc) is 2.53. The van der Waals surface area contributed by atoms with E-state index in [1.165, 1.54) is 20.8 Å². The van der Waals surface area contributed by atoms with Gasteiger partial charge in [0.05, 0.1) is 0 Å². The first-order valence-corrected chi connectivity index (χ1v) is 6.02. The first kappa shape index (κ1) is 15.7. The highest BCUT2D eigenvalue weighted by molar-refractivity contribution is 6.21. The van der Waals surface area contributed by atoms with E-state index in [0.29, 0.717) is 0 Å². The summed E-state index contributed by atoms with van der Waals surface area (Å²) >= 11 is 6.07. The number of alkyl halides is 1. The van der Waals surface area contributed by atoms with Gasteiger partial charge in [-0.15, -0.1) is 11.6 Å². The molecule has 0 saturated carbocycles. The molecule has 0 aromatic rings. The standard InChI is InChI=1S/C11H15ClO7/c1-5(13)16-4-8-9(12)10(17-6(2)14)11(19-8)18-7(3)15/h8-11H,4H2,1-3H3/t8-,9+,10-,11-/m1/s1. The quantitative estimate of drug-likeness (QED) is 0.420. The van der Waals surface area contributed by atoms with Crippen LogP contribution in [0.4, 0.5) is 0 Å². The lowest BCUT2D eigenvalue weighted by atomic mass is 10.2. The van der Waals surface area contributed by atoms with Crippen molar-refractivity contribution >= 4 is 29.5 Å². The Morgan fingerprint density at radius 1 is 1.05 bits per heavy atom. The fourth-order valence-electron chi connectivity index (χ4n) is 1.59. The molecule has 4 atom stereocenters. The molecule has 108 valence electrons. The van der Waals surface area contributed by atoms with Gasteiger partial charge in [0.1, 0.15) is 18.1 Å². The van der Waals surface area contributed by atoms with Crippen molar-refractivity contribution in [3.05, 3.63) is 0 Å². The SMILES string of the molecule is CC(=O)OC[C@H]1O[C@@H](OC(C)=O)[C@H](OC(C)=O)[C@H]1Cl. The molecule has 0 radical (unpaired) electrons. The van der Waals surface area contributed by atoms with Crippen LogP contribution in [-0.2, 0) is 33.3 Å². The van der Waals surface area contributed by atoms with Crippen LogP contribution in [0.5, 0.6) is 0 Å². The molecule has 0 aromatic carbocycles.